The molecule has 0 unspecified atom stereocenters. The summed E-state index contributed by atoms with van der Waals surface area (Å²) in [5, 5.41) is 0. The smallest absolute Gasteiger partial charge is 0.207 e. The minimum atomic E-state index is -3.60. The zero-order chi connectivity index (χ0) is 10.2. The van der Waals surface area contributed by atoms with E-state index in [1.165, 1.54) is 0 Å². The Bertz CT molecular complexity index is 436. The van der Waals surface area contributed by atoms with Crippen LogP contribution in [0, 0.1) is 20.8 Å². The number of hydrogen-bond donors (Lipinski definition) is 0. The van der Waals surface area contributed by atoms with Crippen LogP contribution in [0.3, 0.4) is 0 Å². The Labute approximate surface area is 90.3 Å². The van der Waals surface area contributed by atoms with Crippen LogP contribution in [0.15, 0.2) is 17.0 Å². The summed E-state index contributed by atoms with van der Waals surface area (Å²) in [4.78, 5) is 0.206. The van der Waals surface area contributed by atoms with Gasteiger partial charge in [-0.2, -0.15) is 0 Å². The van der Waals surface area contributed by atoms with E-state index in [1.54, 1.807) is 13.0 Å². The average Bonchev–Trinajstić information content (AvgIpc) is 1.94. The molecule has 80 valence electrons. The van der Waals surface area contributed by atoms with Crippen molar-refractivity contribution in [2.75, 3.05) is 0 Å². The molecule has 0 N–H and O–H groups in total. The second-order valence-corrected chi connectivity index (χ2v) is 5.67. The van der Waals surface area contributed by atoms with Gasteiger partial charge in [-0.1, -0.05) is 13.5 Å². The Morgan fingerprint density at radius 2 is 1.43 bits per heavy atom. The van der Waals surface area contributed by atoms with Crippen molar-refractivity contribution in [3.63, 3.8) is 0 Å². The molecule has 0 aliphatic carbocycles. The fourth-order valence-electron chi connectivity index (χ4n) is 1.20. The van der Waals surface area contributed by atoms with E-state index in [4.69, 9.17) is 10.7 Å². The highest BCUT2D eigenvalue weighted by Gasteiger charge is 2.13. The molecule has 0 amide bonds. The summed E-state index contributed by atoms with van der Waals surface area (Å²) < 4.78 is 22.2. The van der Waals surface area contributed by atoms with Crippen molar-refractivity contribution in [1.29, 1.82) is 0 Å². The maximum atomic E-state index is 11.1. The fraction of sp³-hybridized carbons (Fsp3) is 0.400. The molecular weight excluding hydrogens is 220 g/mol. The zero-order valence-corrected chi connectivity index (χ0v) is 9.33. The largest absolute Gasteiger partial charge is 0.261 e. The molecule has 1 aromatic carbocycles. The lowest BCUT2D eigenvalue weighted by molar-refractivity contribution is 0.609. The van der Waals surface area contributed by atoms with Crippen molar-refractivity contribution >= 4 is 19.7 Å². The van der Waals surface area contributed by atoms with Gasteiger partial charge in [0.1, 0.15) is 0 Å². The van der Waals surface area contributed by atoms with Gasteiger partial charge in [-0.05, 0) is 43.5 Å². The first-order valence-corrected chi connectivity index (χ1v) is 6.16. The van der Waals surface area contributed by atoms with Gasteiger partial charge in [0.05, 0.1) is 4.90 Å². The van der Waals surface area contributed by atoms with Crippen molar-refractivity contribution in [1.82, 2.24) is 0 Å². The Morgan fingerprint density at radius 1 is 1.00 bits per heavy atom. The maximum absolute atomic E-state index is 11.1. The number of hydrogen-bond acceptors (Lipinski definition) is 2. The number of benzene rings is 1. The summed E-state index contributed by atoms with van der Waals surface area (Å²) in [6.07, 6.45) is 0. The number of aryl methyl sites for hydroxylation is 3. The predicted octanol–water partition coefficient (Wildman–Crippen LogP) is 3.18. The molecule has 0 saturated carbocycles. The highest BCUT2D eigenvalue weighted by molar-refractivity contribution is 8.13. The second kappa shape index (κ2) is 4.32. The Kier molecular flexibility index (Phi) is 4.15. The molecule has 0 aromatic heterocycles. The summed E-state index contributed by atoms with van der Waals surface area (Å²) in [7, 11) is 1.66. The van der Waals surface area contributed by atoms with E-state index in [9.17, 15) is 8.42 Å². The fourth-order valence-corrected chi connectivity index (χ4v) is 2.46. The van der Waals surface area contributed by atoms with Gasteiger partial charge in [0.25, 0.3) is 9.05 Å². The van der Waals surface area contributed by atoms with Gasteiger partial charge in [0.2, 0.25) is 0 Å². The molecular formula is C10H15ClO2S. The normalized spacial score (nSPS) is 10.9. The first kappa shape index (κ1) is 13.5. The molecule has 0 atom stereocenters. The molecule has 0 aliphatic rings. The van der Waals surface area contributed by atoms with Gasteiger partial charge >= 0.3 is 0 Å². The Balaban J connectivity index is 0.00000169. The quantitative estimate of drug-likeness (QED) is 0.700. The molecule has 2 nitrogen and oxygen atoms in total. The molecule has 0 heterocycles. The van der Waals surface area contributed by atoms with Gasteiger partial charge in [-0.25, -0.2) is 8.42 Å². The van der Waals surface area contributed by atoms with Crippen LogP contribution in [0.2, 0.25) is 0 Å². The van der Waals surface area contributed by atoms with E-state index >= 15 is 0 Å². The van der Waals surface area contributed by atoms with Crippen LogP contribution in [0.5, 0.6) is 0 Å². The molecule has 0 saturated heterocycles. The molecule has 0 fully saturated rings. The van der Waals surface area contributed by atoms with E-state index in [0.717, 1.165) is 11.1 Å². The van der Waals surface area contributed by atoms with Gasteiger partial charge in [0, 0.05) is 10.7 Å². The van der Waals surface area contributed by atoms with E-state index in [1.807, 2.05) is 19.9 Å². The molecule has 1 rings (SSSR count). The van der Waals surface area contributed by atoms with Crippen LogP contribution in [-0.2, 0) is 9.05 Å². The minimum absolute atomic E-state index is 0. The first-order chi connectivity index (χ1) is 5.82. The molecule has 0 aliphatic heterocycles. The molecule has 1 aromatic rings. The molecule has 0 radical (unpaired) electrons. The van der Waals surface area contributed by atoms with E-state index in [-0.39, 0.29) is 12.3 Å². The Morgan fingerprint density at radius 3 is 1.86 bits per heavy atom. The van der Waals surface area contributed by atoms with Crippen LogP contribution in [0.4, 0.5) is 0 Å². The second-order valence-electron chi connectivity index (χ2n) is 3.14. The third kappa shape index (κ3) is 2.72. The van der Waals surface area contributed by atoms with Crippen LogP contribution >= 0.6 is 10.7 Å². The standard InChI is InChI=1S/C9H11ClO2S.CH4/c1-6-4-8(3)9(5-7(6)2)13(10,11)12;/h4-5H,1-3H3;1H4. The van der Waals surface area contributed by atoms with Crippen molar-refractivity contribution in [2.24, 2.45) is 0 Å². The molecule has 14 heavy (non-hydrogen) atoms. The Hall–Kier alpha value is -0.540. The van der Waals surface area contributed by atoms with Crippen molar-refractivity contribution < 1.29 is 8.42 Å². The van der Waals surface area contributed by atoms with Gasteiger partial charge in [-0.15, -0.1) is 0 Å². The highest BCUT2D eigenvalue weighted by atomic mass is 35.7. The molecule has 4 heteroatoms. The van der Waals surface area contributed by atoms with Crippen LogP contribution in [-0.4, -0.2) is 8.42 Å². The zero-order valence-electron chi connectivity index (χ0n) is 7.76. The SMILES string of the molecule is C.Cc1cc(C)c(S(=O)(=O)Cl)cc1C. The van der Waals surface area contributed by atoms with E-state index in [2.05, 4.69) is 0 Å². The van der Waals surface area contributed by atoms with Gasteiger partial charge in [0.15, 0.2) is 0 Å². The molecule has 0 bridgehead atoms. The average molecular weight is 235 g/mol. The number of halogens is 1. The predicted molar refractivity (Wildman–Crippen MR) is 60.4 cm³/mol. The maximum Gasteiger partial charge on any atom is 0.261 e. The van der Waals surface area contributed by atoms with Crippen molar-refractivity contribution in [3.05, 3.63) is 28.8 Å². The third-order valence-electron chi connectivity index (χ3n) is 2.05. The molecule has 0 spiro atoms. The third-order valence-corrected chi connectivity index (χ3v) is 3.52. The lowest BCUT2D eigenvalue weighted by Crippen LogP contribution is -1.96. The van der Waals surface area contributed by atoms with Crippen molar-refractivity contribution in [2.45, 2.75) is 33.1 Å². The first-order valence-electron chi connectivity index (χ1n) is 3.85. The lowest BCUT2D eigenvalue weighted by Gasteiger charge is -2.06. The summed E-state index contributed by atoms with van der Waals surface area (Å²) in [5.41, 5.74) is 2.70. The summed E-state index contributed by atoms with van der Waals surface area (Å²) in [5.74, 6) is 0. The summed E-state index contributed by atoms with van der Waals surface area (Å²) in [6, 6.07) is 3.43. The summed E-state index contributed by atoms with van der Waals surface area (Å²) in [6.45, 7) is 5.54. The van der Waals surface area contributed by atoms with Gasteiger partial charge in [-0.3, -0.25) is 0 Å². The van der Waals surface area contributed by atoms with E-state index in [0.29, 0.717) is 5.56 Å². The van der Waals surface area contributed by atoms with Crippen LogP contribution < -0.4 is 0 Å². The topological polar surface area (TPSA) is 34.1 Å². The van der Waals surface area contributed by atoms with E-state index < -0.39 is 9.05 Å². The summed E-state index contributed by atoms with van der Waals surface area (Å²) >= 11 is 0. The minimum Gasteiger partial charge on any atom is -0.207 e. The number of rotatable bonds is 1. The van der Waals surface area contributed by atoms with Gasteiger partial charge < -0.3 is 0 Å². The monoisotopic (exact) mass is 234 g/mol. The van der Waals surface area contributed by atoms with Crippen LogP contribution in [0.25, 0.3) is 0 Å². The van der Waals surface area contributed by atoms with Crippen molar-refractivity contribution in [3.8, 4) is 0 Å². The highest BCUT2D eigenvalue weighted by Crippen LogP contribution is 2.22. The lowest BCUT2D eigenvalue weighted by atomic mass is 10.1. The van der Waals surface area contributed by atoms with Crippen LogP contribution in [0.1, 0.15) is 24.1 Å².